The highest BCUT2D eigenvalue weighted by atomic mass is 15.2. The fourth-order valence-electron chi connectivity index (χ4n) is 3.10. The van der Waals surface area contributed by atoms with E-state index < -0.39 is 0 Å². The highest BCUT2D eigenvalue weighted by Gasteiger charge is 2.20. The minimum atomic E-state index is 0.630. The van der Waals surface area contributed by atoms with Crippen molar-refractivity contribution in [3.63, 3.8) is 0 Å². The average Bonchev–Trinajstić information content (AvgIpc) is 2.43. The number of rotatable bonds is 3. The second-order valence-corrected chi connectivity index (χ2v) is 5.57. The van der Waals surface area contributed by atoms with Crippen LogP contribution in [0, 0.1) is 0 Å². The molecule has 1 fully saturated rings. The van der Waals surface area contributed by atoms with Crippen molar-refractivity contribution in [2.75, 3.05) is 24.5 Å². The molecule has 1 aliphatic rings. The highest BCUT2D eigenvalue weighted by molar-refractivity contribution is 5.60. The molecule has 0 saturated carbocycles. The molecule has 0 aromatic heterocycles. The first-order valence-electron chi connectivity index (χ1n) is 7.86. The van der Waals surface area contributed by atoms with Gasteiger partial charge in [-0.15, -0.1) is 0 Å². The molecular formula is C17H28N2. The fourth-order valence-corrected chi connectivity index (χ4v) is 3.10. The number of nitrogens with zero attached hydrogens (tertiary/aromatic N) is 1. The number of anilines is 1. The number of benzene rings is 1. The molecule has 19 heavy (non-hydrogen) atoms. The summed E-state index contributed by atoms with van der Waals surface area (Å²) in [6.07, 6.45) is 4.74. The van der Waals surface area contributed by atoms with Gasteiger partial charge in [-0.3, -0.25) is 0 Å². The number of aryl methyl sites for hydroxylation is 2. The molecule has 1 aromatic carbocycles. The molecule has 0 spiro atoms. The SMILES string of the molecule is CCc1cccc(CC)c1N1CCCNCCC1C. The number of hydrogen-bond donors (Lipinski definition) is 1. The van der Waals surface area contributed by atoms with Gasteiger partial charge < -0.3 is 10.2 Å². The topological polar surface area (TPSA) is 15.3 Å². The summed E-state index contributed by atoms with van der Waals surface area (Å²) in [6, 6.07) is 7.46. The van der Waals surface area contributed by atoms with E-state index in [1.165, 1.54) is 36.2 Å². The van der Waals surface area contributed by atoms with Gasteiger partial charge in [0.1, 0.15) is 0 Å². The summed E-state index contributed by atoms with van der Waals surface area (Å²) in [6.45, 7) is 10.4. The molecular weight excluding hydrogens is 232 g/mol. The predicted molar refractivity (Wildman–Crippen MR) is 84.1 cm³/mol. The first kappa shape index (κ1) is 14.4. The van der Waals surface area contributed by atoms with Crippen LogP contribution in [0.1, 0.15) is 44.7 Å². The molecule has 0 bridgehead atoms. The van der Waals surface area contributed by atoms with Crippen LogP contribution in [0.4, 0.5) is 5.69 Å². The van der Waals surface area contributed by atoms with E-state index in [1.54, 1.807) is 0 Å². The van der Waals surface area contributed by atoms with Crippen LogP contribution in [0.25, 0.3) is 0 Å². The number of hydrogen-bond acceptors (Lipinski definition) is 2. The van der Waals surface area contributed by atoms with Gasteiger partial charge in [0.25, 0.3) is 0 Å². The zero-order chi connectivity index (χ0) is 13.7. The van der Waals surface area contributed by atoms with Gasteiger partial charge in [-0.05, 0) is 56.8 Å². The van der Waals surface area contributed by atoms with Gasteiger partial charge >= 0.3 is 0 Å². The molecule has 1 aliphatic heterocycles. The molecule has 106 valence electrons. The van der Waals surface area contributed by atoms with E-state index in [9.17, 15) is 0 Å². The van der Waals surface area contributed by atoms with Crippen molar-refractivity contribution in [2.45, 2.75) is 52.5 Å². The van der Waals surface area contributed by atoms with Crippen molar-refractivity contribution in [3.8, 4) is 0 Å². The van der Waals surface area contributed by atoms with E-state index in [2.05, 4.69) is 49.2 Å². The quantitative estimate of drug-likeness (QED) is 0.896. The van der Waals surface area contributed by atoms with Gasteiger partial charge in [-0.1, -0.05) is 32.0 Å². The van der Waals surface area contributed by atoms with Crippen molar-refractivity contribution in [2.24, 2.45) is 0 Å². The molecule has 2 rings (SSSR count). The van der Waals surface area contributed by atoms with Crippen LogP contribution in [0.2, 0.25) is 0 Å². The Bertz CT molecular complexity index is 378. The smallest absolute Gasteiger partial charge is 0.0433 e. The third-order valence-electron chi connectivity index (χ3n) is 4.28. The minimum Gasteiger partial charge on any atom is -0.368 e. The highest BCUT2D eigenvalue weighted by Crippen LogP contribution is 2.29. The lowest BCUT2D eigenvalue weighted by Gasteiger charge is -2.36. The normalized spacial score (nSPS) is 21.0. The summed E-state index contributed by atoms with van der Waals surface area (Å²) in [7, 11) is 0. The Morgan fingerprint density at radius 3 is 2.47 bits per heavy atom. The summed E-state index contributed by atoms with van der Waals surface area (Å²) in [4.78, 5) is 2.67. The van der Waals surface area contributed by atoms with Crippen LogP contribution in [-0.2, 0) is 12.8 Å². The Balaban J connectivity index is 2.36. The first-order valence-corrected chi connectivity index (χ1v) is 7.86. The van der Waals surface area contributed by atoms with E-state index in [-0.39, 0.29) is 0 Å². The molecule has 2 heteroatoms. The first-order chi connectivity index (χ1) is 9.27. The van der Waals surface area contributed by atoms with Gasteiger partial charge in [0.05, 0.1) is 0 Å². The van der Waals surface area contributed by atoms with Crippen molar-refractivity contribution in [1.29, 1.82) is 0 Å². The second kappa shape index (κ2) is 6.95. The van der Waals surface area contributed by atoms with Crippen LogP contribution >= 0.6 is 0 Å². The average molecular weight is 260 g/mol. The Kier molecular flexibility index (Phi) is 5.26. The monoisotopic (exact) mass is 260 g/mol. The van der Waals surface area contributed by atoms with Crippen LogP contribution in [-0.4, -0.2) is 25.7 Å². The fraction of sp³-hybridized carbons (Fsp3) is 0.647. The molecule has 0 radical (unpaired) electrons. The molecule has 1 unspecified atom stereocenters. The lowest BCUT2D eigenvalue weighted by Crippen LogP contribution is -2.41. The predicted octanol–water partition coefficient (Wildman–Crippen LogP) is 3.39. The van der Waals surface area contributed by atoms with Gasteiger partial charge in [0, 0.05) is 18.3 Å². The van der Waals surface area contributed by atoms with E-state index in [1.807, 2.05) is 0 Å². The molecule has 1 atom stereocenters. The Morgan fingerprint density at radius 1 is 1.16 bits per heavy atom. The molecule has 1 aromatic rings. The summed E-state index contributed by atoms with van der Waals surface area (Å²) in [5.41, 5.74) is 4.56. The van der Waals surface area contributed by atoms with Crippen LogP contribution in [0.3, 0.4) is 0 Å². The van der Waals surface area contributed by atoms with Crippen LogP contribution in [0.15, 0.2) is 18.2 Å². The molecule has 2 nitrogen and oxygen atoms in total. The maximum atomic E-state index is 3.52. The molecule has 1 saturated heterocycles. The minimum absolute atomic E-state index is 0.630. The summed E-state index contributed by atoms with van der Waals surface area (Å²) in [5.74, 6) is 0. The Labute approximate surface area is 118 Å². The summed E-state index contributed by atoms with van der Waals surface area (Å²) < 4.78 is 0. The van der Waals surface area contributed by atoms with Crippen molar-refractivity contribution >= 4 is 5.69 Å². The third kappa shape index (κ3) is 3.30. The molecule has 0 aliphatic carbocycles. The van der Waals surface area contributed by atoms with Crippen molar-refractivity contribution < 1.29 is 0 Å². The van der Waals surface area contributed by atoms with E-state index in [0.29, 0.717) is 6.04 Å². The third-order valence-corrected chi connectivity index (χ3v) is 4.28. The Hall–Kier alpha value is -1.02. The maximum absolute atomic E-state index is 3.52. The molecule has 1 N–H and O–H groups in total. The lowest BCUT2D eigenvalue weighted by atomic mass is 9.99. The zero-order valence-corrected chi connectivity index (χ0v) is 12.7. The summed E-state index contributed by atoms with van der Waals surface area (Å²) in [5, 5.41) is 3.52. The van der Waals surface area contributed by atoms with Gasteiger partial charge in [-0.2, -0.15) is 0 Å². The summed E-state index contributed by atoms with van der Waals surface area (Å²) >= 11 is 0. The van der Waals surface area contributed by atoms with Crippen LogP contribution in [0.5, 0.6) is 0 Å². The maximum Gasteiger partial charge on any atom is 0.0433 e. The lowest BCUT2D eigenvalue weighted by molar-refractivity contribution is 0.497. The Morgan fingerprint density at radius 2 is 1.84 bits per heavy atom. The molecule has 1 heterocycles. The second-order valence-electron chi connectivity index (χ2n) is 5.57. The van der Waals surface area contributed by atoms with Crippen molar-refractivity contribution in [1.82, 2.24) is 5.32 Å². The van der Waals surface area contributed by atoms with Gasteiger partial charge in [-0.25, -0.2) is 0 Å². The van der Waals surface area contributed by atoms with Gasteiger partial charge in [0.15, 0.2) is 0 Å². The van der Waals surface area contributed by atoms with Gasteiger partial charge in [0.2, 0.25) is 0 Å². The van der Waals surface area contributed by atoms with Crippen molar-refractivity contribution in [3.05, 3.63) is 29.3 Å². The zero-order valence-electron chi connectivity index (χ0n) is 12.7. The van der Waals surface area contributed by atoms with E-state index in [4.69, 9.17) is 0 Å². The standard InChI is InChI=1S/C17H28N2/c1-4-15-8-6-9-16(5-2)17(15)19-13-7-11-18-12-10-14(19)3/h6,8-9,14,18H,4-5,7,10-13H2,1-3H3. The van der Waals surface area contributed by atoms with Crippen LogP contribution < -0.4 is 10.2 Å². The number of para-hydroxylation sites is 1. The van der Waals surface area contributed by atoms with E-state index >= 15 is 0 Å². The molecule has 0 amide bonds. The van der Waals surface area contributed by atoms with E-state index in [0.717, 1.165) is 25.9 Å². The largest absolute Gasteiger partial charge is 0.368 e. The number of nitrogens with one attached hydrogen (secondary N) is 1.